The fourth-order valence-corrected chi connectivity index (χ4v) is 7.57. The lowest BCUT2D eigenvalue weighted by Crippen LogP contribution is -2.51. The second-order valence-corrected chi connectivity index (χ2v) is 26.5. The molecule has 0 amide bonds. The zero-order valence-electron chi connectivity index (χ0n) is 28.7. The molecule has 2 atom stereocenters. The van der Waals surface area contributed by atoms with Crippen LogP contribution in [0.25, 0.3) is 0 Å². The van der Waals surface area contributed by atoms with Gasteiger partial charge in [-0.2, -0.15) is 0 Å². The van der Waals surface area contributed by atoms with Gasteiger partial charge in [0.15, 0.2) is 11.2 Å². The standard InChI is InChI=1S/C38H48Br2O4Si2/c1-35(2,3)45(7,8)43-33-23-15-29(16-24-33)37(41,27-11-19-31(39)20-12-27)38(42,28-13-21-32(40)22-14-28)30-17-25-34(26-18-30)44-46(9,10)36(4,5)6/h11-26,41-42H,1-10H3. The summed E-state index contributed by atoms with van der Waals surface area (Å²) >= 11 is 7.09. The predicted molar refractivity (Wildman–Crippen MR) is 203 cm³/mol. The van der Waals surface area contributed by atoms with Crippen LogP contribution in [0.4, 0.5) is 0 Å². The van der Waals surface area contributed by atoms with E-state index in [0.717, 1.165) is 20.4 Å². The highest BCUT2D eigenvalue weighted by Crippen LogP contribution is 2.51. The molecule has 0 spiro atoms. The molecule has 0 aliphatic rings. The number of halogens is 2. The SMILES string of the molecule is CC(C)(C)[Si](C)(C)Oc1ccc(C(O)(c2ccc(Br)cc2)C(O)(c2ccc(Br)cc2)c2ccc(O[Si](C)(C)C(C)(C)C)cc2)cc1. The largest absolute Gasteiger partial charge is 0.544 e. The summed E-state index contributed by atoms with van der Waals surface area (Å²) in [6.07, 6.45) is 0. The molecule has 0 radical (unpaired) electrons. The van der Waals surface area contributed by atoms with Gasteiger partial charge in [0.05, 0.1) is 0 Å². The zero-order valence-corrected chi connectivity index (χ0v) is 33.9. The summed E-state index contributed by atoms with van der Waals surface area (Å²) < 4.78 is 14.9. The Bertz CT molecular complexity index is 1500. The van der Waals surface area contributed by atoms with Crippen LogP contribution in [-0.4, -0.2) is 26.8 Å². The molecule has 0 aromatic heterocycles. The van der Waals surface area contributed by atoms with Crippen LogP contribution in [0, 0.1) is 0 Å². The van der Waals surface area contributed by atoms with E-state index in [2.05, 4.69) is 99.6 Å². The molecule has 2 unspecified atom stereocenters. The van der Waals surface area contributed by atoms with E-state index < -0.39 is 27.8 Å². The van der Waals surface area contributed by atoms with Gasteiger partial charge >= 0.3 is 0 Å². The Morgan fingerprint density at radius 2 is 0.652 bits per heavy atom. The number of benzene rings is 4. The Balaban J connectivity index is 1.93. The number of aliphatic hydroxyl groups is 2. The van der Waals surface area contributed by atoms with E-state index in [9.17, 15) is 10.2 Å². The van der Waals surface area contributed by atoms with E-state index in [-0.39, 0.29) is 10.1 Å². The molecule has 0 aliphatic heterocycles. The van der Waals surface area contributed by atoms with Gasteiger partial charge in [-0.15, -0.1) is 0 Å². The highest BCUT2D eigenvalue weighted by atomic mass is 79.9. The molecule has 4 nitrogen and oxygen atoms in total. The molecular formula is C38H48Br2O4Si2. The maximum atomic E-state index is 13.2. The second kappa shape index (κ2) is 13.0. The van der Waals surface area contributed by atoms with Gasteiger partial charge in [-0.05, 0) is 107 Å². The van der Waals surface area contributed by atoms with Crippen molar-refractivity contribution in [1.82, 2.24) is 0 Å². The molecule has 4 aromatic carbocycles. The van der Waals surface area contributed by atoms with Crippen molar-refractivity contribution in [3.05, 3.63) is 128 Å². The van der Waals surface area contributed by atoms with E-state index >= 15 is 0 Å². The van der Waals surface area contributed by atoms with E-state index in [0.29, 0.717) is 22.3 Å². The average molecular weight is 785 g/mol. The van der Waals surface area contributed by atoms with Crippen LogP contribution < -0.4 is 8.85 Å². The van der Waals surface area contributed by atoms with Gasteiger partial charge in [0.25, 0.3) is 0 Å². The molecule has 0 fully saturated rings. The summed E-state index contributed by atoms with van der Waals surface area (Å²) in [5.41, 5.74) is -1.66. The summed E-state index contributed by atoms with van der Waals surface area (Å²) in [6, 6.07) is 30.0. The normalized spacial score (nSPS) is 15.5. The molecule has 246 valence electrons. The van der Waals surface area contributed by atoms with Crippen molar-refractivity contribution in [2.75, 3.05) is 0 Å². The topological polar surface area (TPSA) is 58.9 Å². The molecule has 0 heterocycles. The van der Waals surface area contributed by atoms with Crippen molar-refractivity contribution < 1.29 is 19.1 Å². The van der Waals surface area contributed by atoms with Crippen molar-refractivity contribution in [2.45, 2.75) is 89.0 Å². The lowest BCUT2D eigenvalue weighted by atomic mass is 9.66. The van der Waals surface area contributed by atoms with Crippen molar-refractivity contribution in [3.63, 3.8) is 0 Å². The van der Waals surface area contributed by atoms with Crippen molar-refractivity contribution >= 4 is 48.5 Å². The monoisotopic (exact) mass is 782 g/mol. The minimum Gasteiger partial charge on any atom is -0.544 e. The number of rotatable bonds is 9. The van der Waals surface area contributed by atoms with E-state index in [1.165, 1.54) is 0 Å². The molecule has 0 saturated heterocycles. The Kier molecular flexibility index (Phi) is 10.4. The van der Waals surface area contributed by atoms with Gasteiger partial charge in [-0.1, -0.05) is 122 Å². The van der Waals surface area contributed by atoms with Gasteiger partial charge in [0.2, 0.25) is 16.6 Å². The first-order valence-corrected chi connectivity index (χ1v) is 23.1. The van der Waals surface area contributed by atoms with Gasteiger partial charge in [-0.25, -0.2) is 0 Å². The Hall–Kier alpha value is -2.21. The molecule has 0 saturated carbocycles. The summed E-state index contributed by atoms with van der Waals surface area (Å²) in [6.45, 7) is 22.1. The molecule has 4 aromatic rings. The van der Waals surface area contributed by atoms with Gasteiger partial charge in [-0.3, -0.25) is 0 Å². The van der Waals surface area contributed by atoms with Crippen LogP contribution in [-0.2, 0) is 11.2 Å². The summed E-state index contributed by atoms with van der Waals surface area (Å²) in [4.78, 5) is 0. The zero-order chi connectivity index (χ0) is 34.3. The number of hydrogen-bond donors (Lipinski definition) is 2. The van der Waals surface area contributed by atoms with E-state index in [4.69, 9.17) is 8.85 Å². The van der Waals surface area contributed by atoms with Gasteiger partial charge in [0.1, 0.15) is 11.5 Å². The molecule has 4 rings (SSSR count). The van der Waals surface area contributed by atoms with Crippen LogP contribution in [0.2, 0.25) is 36.3 Å². The highest BCUT2D eigenvalue weighted by Gasteiger charge is 2.54. The molecule has 8 heteroatoms. The summed E-state index contributed by atoms with van der Waals surface area (Å²) in [5.74, 6) is 1.49. The lowest BCUT2D eigenvalue weighted by Gasteiger charge is -2.45. The quantitative estimate of drug-likeness (QED) is 0.166. The van der Waals surface area contributed by atoms with Gasteiger partial charge in [0, 0.05) is 8.95 Å². The fraction of sp³-hybridized carbons (Fsp3) is 0.368. The lowest BCUT2D eigenvalue weighted by molar-refractivity contribution is -0.113. The Labute approximate surface area is 294 Å². The minimum absolute atomic E-state index is 0.0339. The maximum Gasteiger partial charge on any atom is 0.250 e. The van der Waals surface area contributed by atoms with Crippen LogP contribution in [0.5, 0.6) is 11.5 Å². The summed E-state index contributed by atoms with van der Waals surface area (Å²) in [7, 11) is -4.18. The first kappa shape index (κ1) is 36.6. The third-order valence-corrected chi connectivity index (χ3v) is 19.7. The maximum absolute atomic E-state index is 13.2. The van der Waals surface area contributed by atoms with E-state index in [1.54, 1.807) is 0 Å². The second-order valence-electron chi connectivity index (χ2n) is 15.2. The molecule has 46 heavy (non-hydrogen) atoms. The van der Waals surface area contributed by atoms with Crippen molar-refractivity contribution in [2.24, 2.45) is 0 Å². The molecule has 2 N–H and O–H groups in total. The smallest absolute Gasteiger partial charge is 0.250 e. The minimum atomic E-state index is -2.09. The van der Waals surface area contributed by atoms with Crippen LogP contribution >= 0.6 is 31.9 Å². The first-order valence-electron chi connectivity index (χ1n) is 15.7. The predicted octanol–water partition coefficient (Wildman–Crippen LogP) is 11.2. The van der Waals surface area contributed by atoms with Crippen LogP contribution in [0.1, 0.15) is 63.8 Å². The average Bonchev–Trinajstić information content (AvgIpc) is 2.96. The van der Waals surface area contributed by atoms with Crippen molar-refractivity contribution in [1.29, 1.82) is 0 Å². The van der Waals surface area contributed by atoms with E-state index in [1.807, 2.05) is 97.1 Å². The molecule has 0 bridgehead atoms. The first-order chi connectivity index (χ1) is 21.1. The van der Waals surface area contributed by atoms with Crippen LogP contribution in [0.3, 0.4) is 0 Å². The van der Waals surface area contributed by atoms with Crippen molar-refractivity contribution in [3.8, 4) is 11.5 Å². The Morgan fingerprint density at radius 1 is 0.435 bits per heavy atom. The fourth-order valence-electron chi connectivity index (χ4n) is 4.97. The number of hydrogen-bond acceptors (Lipinski definition) is 4. The summed E-state index contributed by atoms with van der Waals surface area (Å²) in [5, 5.41) is 26.5. The molecular weight excluding hydrogens is 736 g/mol. The van der Waals surface area contributed by atoms with Crippen LogP contribution in [0.15, 0.2) is 106 Å². The highest BCUT2D eigenvalue weighted by molar-refractivity contribution is 9.10. The third-order valence-electron chi connectivity index (χ3n) is 9.95. The van der Waals surface area contributed by atoms with Gasteiger partial charge < -0.3 is 19.1 Å². The molecule has 0 aliphatic carbocycles. The third kappa shape index (κ3) is 7.13. The Morgan fingerprint density at radius 3 is 0.870 bits per heavy atom.